The number of pyridine rings is 1. The van der Waals surface area contributed by atoms with Crippen LogP contribution in [0.2, 0.25) is 5.02 Å². The van der Waals surface area contributed by atoms with Gasteiger partial charge in [-0.1, -0.05) is 11.6 Å². The van der Waals surface area contributed by atoms with Crippen LogP contribution in [0.4, 0.5) is 0 Å². The van der Waals surface area contributed by atoms with E-state index in [2.05, 4.69) is 10.1 Å². The molecule has 0 fully saturated rings. The SMILES string of the molecule is CC(c1ccc(C#N)s1)n1[nH]c(=O)c2[nH]c3cc(Cl)ccc3c(=O)c2c1=O. The highest BCUT2D eigenvalue weighted by molar-refractivity contribution is 7.12. The molecule has 1 atom stereocenters. The third kappa shape index (κ3) is 2.68. The van der Waals surface area contributed by atoms with Crippen LogP contribution in [0.5, 0.6) is 0 Å². The van der Waals surface area contributed by atoms with Gasteiger partial charge < -0.3 is 4.98 Å². The summed E-state index contributed by atoms with van der Waals surface area (Å²) in [5.74, 6) is 0. The molecule has 4 rings (SSSR count). The van der Waals surface area contributed by atoms with Crippen molar-refractivity contribution in [3.8, 4) is 6.07 Å². The minimum atomic E-state index is -0.609. The van der Waals surface area contributed by atoms with Gasteiger partial charge in [0.1, 0.15) is 21.8 Å². The Labute approximate surface area is 160 Å². The molecule has 0 bridgehead atoms. The van der Waals surface area contributed by atoms with Crippen LogP contribution in [0.25, 0.3) is 21.8 Å². The number of nitriles is 1. The lowest BCUT2D eigenvalue weighted by atomic mass is 10.1. The first-order valence-electron chi connectivity index (χ1n) is 7.90. The monoisotopic (exact) mass is 398 g/mol. The van der Waals surface area contributed by atoms with Crippen LogP contribution in [0.3, 0.4) is 0 Å². The summed E-state index contributed by atoms with van der Waals surface area (Å²) in [6.07, 6.45) is 0. The van der Waals surface area contributed by atoms with Crippen molar-refractivity contribution in [1.82, 2.24) is 14.8 Å². The van der Waals surface area contributed by atoms with E-state index in [9.17, 15) is 14.4 Å². The van der Waals surface area contributed by atoms with Gasteiger partial charge in [0, 0.05) is 15.3 Å². The number of benzene rings is 1. The Bertz CT molecular complexity index is 1440. The van der Waals surface area contributed by atoms with Crippen LogP contribution in [-0.4, -0.2) is 14.8 Å². The second-order valence-electron chi connectivity index (χ2n) is 6.00. The Balaban J connectivity index is 2.05. The van der Waals surface area contributed by atoms with E-state index in [1.54, 1.807) is 25.1 Å². The van der Waals surface area contributed by atoms with E-state index in [1.807, 2.05) is 6.07 Å². The largest absolute Gasteiger partial charge is 0.350 e. The molecule has 0 amide bonds. The third-order valence-corrected chi connectivity index (χ3v) is 5.78. The fourth-order valence-electron chi connectivity index (χ4n) is 3.01. The van der Waals surface area contributed by atoms with Gasteiger partial charge >= 0.3 is 0 Å². The lowest BCUT2D eigenvalue weighted by Crippen LogP contribution is -2.35. The average Bonchev–Trinajstić information content (AvgIpc) is 3.13. The highest BCUT2D eigenvalue weighted by Crippen LogP contribution is 2.24. The molecule has 7 nitrogen and oxygen atoms in total. The molecular formula is C18H11ClN4O3S. The molecule has 1 unspecified atom stereocenters. The zero-order valence-corrected chi connectivity index (χ0v) is 15.4. The van der Waals surface area contributed by atoms with E-state index in [-0.39, 0.29) is 16.3 Å². The zero-order valence-electron chi connectivity index (χ0n) is 13.9. The molecule has 0 saturated carbocycles. The van der Waals surface area contributed by atoms with E-state index in [0.29, 0.717) is 20.3 Å². The van der Waals surface area contributed by atoms with Crippen molar-refractivity contribution in [1.29, 1.82) is 5.26 Å². The van der Waals surface area contributed by atoms with Crippen LogP contribution in [0.15, 0.2) is 44.7 Å². The molecular weight excluding hydrogens is 388 g/mol. The number of aromatic amines is 2. The number of nitrogens with one attached hydrogen (secondary N) is 2. The van der Waals surface area contributed by atoms with Crippen LogP contribution in [-0.2, 0) is 0 Å². The molecule has 0 saturated heterocycles. The number of rotatable bonds is 2. The van der Waals surface area contributed by atoms with Crippen molar-refractivity contribution in [2.75, 3.05) is 0 Å². The average molecular weight is 399 g/mol. The maximum atomic E-state index is 13.0. The molecule has 1 aromatic carbocycles. The van der Waals surface area contributed by atoms with Gasteiger partial charge in [-0.05, 0) is 37.3 Å². The van der Waals surface area contributed by atoms with Gasteiger partial charge in [-0.2, -0.15) is 5.26 Å². The smallest absolute Gasteiger partial charge is 0.287 e. The highest BCUT2D eigenvalue weighted by atomic mass is 35.5. The molecule has 3 aromatic heterocycles. The van der Waals surface area contributed by atoms with Crippen LogP contribution >= 0.6 is 22.9 Å². The van der Waals surface area contributed by atoms with E-state index in [1.165, 1.54) is 23.5 Å². The second-order valence-corrected chi connectivity index (χ2v) is 7.55. The highest BCUT2D eigenvalue weighted by Gasteiger charge is 2.19. The molecule has 0 aliphatic heterocycles. The number of halogens is 1. The summed E-state index contributed by atoms with van der Waals surface area (Å²) >= 11 is 7.17. The summed E-state index contributed by atoms with van der Waals surface area (Å²) in [6.45, 7) is 1.71. The predicted octanol–water partition coefficient (Wildman–Crippen LogP) is 2.73. The second kappa shape index (κ2) is 6.23. The van der Waals surface area contributed by atoms with Crippen molar-refractivity contribution in [3.63, 3.8) is 0 Å². The van der Waals surface area contributed by atoms with E-state index in [4.69, 9.17) is 16.9 Å². The Kier molecular flexibility index (Phi) is 3.98. The van der Waals surface area contributed by atoms with Crippen molar-refractivity contribution in [3.05, 3.63) is 76.0 Å². The Hall–Kier alpha value is -3.15. The maximum Gasteiger partial charge on any atom is 0.287 e. The zero-order chi connectivity index (χ0) is 19.3. The molecule has 134 valence electrons. The summed E-state index contributed by atoms with van der Waals surface area (Å²) in [7, 11) is 0. The summed E-state index contributed by atoms with van der Waals surface area (Å²) in [4.78, 5) is 42.5. The Morgan fingerprint density at radius 3 is 2.70 bits per heavy atom. The van der Waals surface area contributed by atoms with Crippen molar-refractivity contribution < 1.29 is 0 Å². The van der Waals surface area contributed by atoms with Gasteiger partial charge in [-0.15, -0.1) is 11.3 Å². The molecule has 9 heteroatoms. The molecule has 0 aliphatic carbocycles. The fraction of sp³-hybridized carbons (Fsp3) is 0.111. The van der Waals surface area contributed by atoms with Gasteiger partial charge in [0.15, 0.2) is 0 Å². The third-order valence-electron chi connectivity index (χ3n) is 4.38. The normalized spacial score (nSPS) is 12.3. The molecule has 2 N–H and O–H groups in total. The van der Waals surface area contributed by atoms with Crippen molar-refractivity contribution in [2.24, 2.45) is 0 Å². The van der Waals surface area contributed by atoms with Gasteiger partial charge in [-0.25, -0.2) is 4.68 Å². The first-order valence-corrected chi connectivity index (χ1v) is 9.10. The number of hydrogen-bond donors (Lipinski definition) is 2. The molecule has 0 radical (unpaired) electrons. The van der Waals surface area contributed by atoms with E-state index in [0.717, 1.165) is 4.68 Å². The minimum absolute atomic E-state index is 0.0906. The van der Waals surface area contributed by atoms with Gasteiger partial charge in [0.2, 0.25) is 5.43 Å². The number of H-pyrrole nitrogens is 2. The van der Waals surface area contributed by atoms with Gasteiger partial charge in [0.05, 0.1) is 11.6 Å². The predicted molar refractivity (Wildman–Crippen MR) is 105 cm³/mol. The molecule has 0 aliphatic rings. The number of thiophene rings is 1. The van der Waals surface area contributed by atoms with Crippen molar-refractivity contribution in [2.45, 2.75) is 13.0 Å². The molecule has 4 aromatic rings. The minimum Gasteiger partial charge on any atom is -0.350 e. The summed E-state index contributed by atoms with van der Waals surface area (Å²) in [6, 6.07) is 9.45. The lowest BCUT2D eigenvalue weighted by Gasteiger charge is -2.14. The first kappa shape index (κ1) is 17.3. The molecule has 0 spiro atoms. The number of aromatic nitrogens is 3. The van der Waals surface area contributed by atoms with E-state index < -0.39 is 22.6 Å². The molecule has 3 heterocycles. The van der Waals surface area contributed by atoms with Crippen LogP contribution in [0.1, 0.15) is 22.7 Å². The summed E-state index contributed by atoms with van der Waals surface area (Å²) in [5.41, 5.74) is -1.44. The molecule has 27 heavy (non-hydrogen) atoms. The topological polar surface area (TPSA) is 112 Å². The fourth-order valence-corrected chi connectivity index (χ4v) is 4.03. The number of hydrogen-bond acceptors (Lipinski definition) is 5. The number of nitrogens with zero attached hydrogens (tertiary/aromatic N) is 2. The van der Waals surface area contributed by atoms with E-state index >= 15 is 0 Å². The Morgan fingerprint density at radius 2 is 2.00 bits per heavy atom. The first-order chi connectivity index (χ1) is 12.9. The van der Waals surface area contributed by atoms with Crippen LogP contribution in [0, 0.1) is 11.3 Å². The standard InChI is InChI=1S/C18H11ClN4O3S/c1-8(13-5-3-10(7-20)27-13)23-18(26)14-15(17(25)22-23)21-12-6-9(19)2-4-11(12)16(14)24/h2-6,8H,1H3,(H,21,24)(H,22,25). The number of fused-ring (bicyclic) bond motifs is 2. The van der Waals surface area contributed by atoms with Crippen LogP contribution < -0.4 is 16.5 Å². The summed E-state index contributed by atoms with van der Waals surface area (Å²) < 4.78 is 1.12. The van der Waals surface area contributed by atoms with Gasteiger partial charge in [0.25, 0.3) is 11.1 Å². The summed E-state index contributed by atoms with van der Waals surface area (Å²) in [5, 5.41) is 12.0. The maximum absolute atomic E-state index is 13.0. The lowest BCUT2D eigenvalue weighted by molar-refractivity contribution is 0.537. The van der Waals surface area contributed by atoms with Gasteiger partial charge in [-0.3, -0.25) is 19.5 Å². The Morgan fingerprint density at radius 1 is 1.22 bits per heavy atom. The van der Waals surface area contributed by atoms with Crippen molar-refractivity contribution >= 4 is 44.7 Å². The quantitative estimate of drug-likeness (QED) is 0.505.